The molecule has 1 saturated heterocycles. The van der Waals surface area contributed by atoms with Gasteiger partial charge >= 0.3 is 0 Å². The molecule has 0 bridgehead atoms. The molecule has 1 aromatic carbocycles. The number of anilines is 1. The van der Waals surface area contributed by atoms with Crippen molar-refractivity contribution >= 4 is 11.6 Å². The van der Waals surface area contributed by atoms with Crippen LogP contribution in [0.5, 0.6) is 0 Å². The molecule has 5 nitrogen and oxygen atoms in total. The normalized spacial score (nSPS) is 15.6. The van der Waals surface area contributed by atoms with E-state index in [0.29, 0.717) is 18.1 Å². The van der Waals surface area contributed by atoms with Crippen LogP contribution in [0.25, 0.3) is 11.3 Å². The maximum atomic E-state index is 12.1. The lowest BCUT2D eigenvalue weighted by Gasteiger charge is -2.22. The van der Waals surface area contributed by atoms with Crippen LogP contribution in [-0.2, 0) is 4.79 Å². The van der Waals surface area contributed by atoms with Crippen LogP contribution in [0.15, 0.2) is 41.3 Å². The Labute approximate surface area is 130 Å². The molecule has 0 spiro atoms. The Kier molecular flexibility index (Phi) is 4.85. The maximum absolute atomic E-state index is 12.1. The molecule has 0 aliphatic carbocycles. The largest absolute Gasteiger partial charge is 0.444 e. The number of oxazole rings is 1. The molecule has 0 saturated carbocycles. The summed E-state index contributed by atoms with van der Waals surface area (Å²) in [4.78, 5) is 16.0. The lowest BCUT2D eigenvalue weighted by molar-refractivity contribution is -0.116. The summed E-state index contributed by atoms with van der Waals surface area (Å²) >= 11 is 0. The zero-order valence-corrected chi connectivity index (χ0v) is 12.5. The summed E-state index contributed by atoms with van der Waals surface area (Å²) in [5.74, 6) is 1.45. The summed E-state index contributed by atoms with van der Waals surface area (Å²) in [7, 11) is 0. The van der Waals surface area contributed by atoms with Crippen molar-refractivity contribution in [2.24, 2.45) is 5.92 Å². The van der Waals surface area contributed by atoms with Crippen molar-refractivity contribution in [3.63, 3.8) is 0 Å². The van der Waals surface area contributed by atoms with Crippen LogP contribution in [0.2, 0.25) is 0 Å². The number of rotatable bonds is 5. The fraction of sp³-hybridized carbons (Fsp3) is 0.412. The van der Waals surface area contributed by atoms with E-state index >= 15 is 0 Å². The van der Waals surface area contributed by atoms with Crippen LogP contribution in [0, 0.1) is 5.92 Å². The number of piperidine rings is 1. The molecule has 1 fully saturated rings. The van der Waals surface area contributed by atoms with Gasteiger partial charge in [0.05, 0.1) is 6.20 Å². The van der Waals surface area contributed by atoms with E-state index in [1.54, 1.807) is 6.20 Å². The summed E-state index contributed by atoms with van der Waals surface area (Å²) in [5.41, 5.74) is 1.71. The molecule has 1 aliphatic rings. The Morgan fingerprint density at radius 3 is 3.00 bits per heavy atom. The average molecular weight is 299 g/mol. The zero-order valence-electron chi connectivity index (χ0n) is 12.5. The monoisotopic (exact) mass is 299 g/mol. The molecule has 1 aliphatic heterocycles. The standard InChI is InChI=1S/C17H21N3O2/c21-17(5-4-13-6-8-18-9-7-13)20-15-3-1-2-14(10-15)16-11-19-12-22-16/h1-3,10-13,18H,4-9H2,(H,20,21). The second-order valence-corrected chi connectivity index (χ2v) is 5.73. The SMILES string of the molecule is O=C(CCC1CCNCC1)Nc1cccc(-c2cnco2)c1. The molecule has 2 heterocycles. The number of hydrogen-bond donors (Lipinski definition) is 2. The molecule has 0 radical (unpaired) electrons. The fourth-order valence-electron chi connectivity index (χ4n) is 2.84. The smallest absolute Gasteiger partial charge is 0.224 e. The minimum absolute atomic E-state index is 0.0771. The van der Waals surface area contributed by atoms with Crippen molar-refractivity contribution in [2.75, 3.05) is 18.4 Å². The Balaban J connectivity index is 1.54. The topological polar surface area (TPSA) is 67.2 Å². The first kappa shape index (κ1) is 14.8. The van der Waals surface area contributed by atoms with Gasteiger partial charge < -0.3 is 15.1 Å². The van der Waals surface area contributed by atoms with Crippen LogP contribution in [0.4, 0.5) is 5.69 Å². The molecular weight excluding hydrogens is 278 g/mol. The van der Waals surface area contributed by atoms with E-state index in [0.717, 1.165) is 30.8 Å². The van der Waals surface area contributed by atoms with E-state index in [1.165, 1.54) is 19.2 Å². The van der Waals surface area contributed by atoms with Gasteiger partial charge in [-0.05, 0) is 50.4 Å². The van der Waals surface area contributed by atoms with Crippen molar-refractivity contribution in [2.45, 2.75) is 25.7 Å². The molecule has 0 atom stereocenters. The van der Waals surface area contributed by atoms with Gasteiger partial charge in [0, 0.05) is 17.7 Å². The van der Waals surface area contributed by atoms with Crippen LogP contribution in [0.1, 0.15) is 25.7 Å². The maximum Gasteiger partial charge on any atom is 0.224 e. The lowest BCUT2D eigenvalue weighted by atomic mass is 9.93. The van der Waals surface area contributed by atoms with Crippen molar-refractivity contribution < 1.29 is 9.21 Å². The highest BCUT2D eigenvalue weighted by molar-refractivity contribution is 5.91. The number of aromatic nitrogens is 1. The predicted molar refractivity (Wildman–Crippen MR) is 85.4 cm³/mol. The van der Waals surface area contributed by atoms with E-state index in [-0.39, 0.29) is 5.91 Å². The third-order valence-corrected chi connectivity index (χ3v) is 4.10. The van der Waals surface area contributed by atoms with Gasteiger partial charge in [0.25, 0.3) is 0 Å². The van der Waals surface area contributed by atoms with Gasteiger partial charge in [0.2, 0.25) is 5.91 Å². The first-order valence-electron chi connectivity index (χ1n) is 7.81. The minimum atomic E-state index is 0.0771. The number of carbonyl (C=O) groups excluding carboxylic acids is 1. The molecule has 3 rings (SSSR count). The second-order valence-electron chi connectivity index (χ2n) is 5.73. The first-order chi connectivity index (χ1) is 10.8. The minimum Gasteiger partial charge on any atom is -0.444 e. The van der Waals surface area contributed by atoms with Crippen molar-refractivity contribution in [3.8, 4) is 11.3 Å². The van der Waals surface area contributed by atoms with E-state index in [2.05, 4.69) is 15.6 Å². The van der Waals surface area contributed by atoms with Gasteiger partial charge in [-0.2, -0.15) is 0 Å². The predicted octanol–water partition coefficient (Wildman–Crippen LogP) is 3.06. The summed E-state index contributed by atoms with van der Waals surface area (Å²) in [6.45, 7) is 2.15. The number of hydrogen-bond acceptors (Lipinski definition) is 4. The lowest BCUT2D eigenvalue weighted by Crippen LogP contribution is -2.28. The van der Waals surface area contributed by atoms with Gasteiger partial charge in [0.1, 0.15) is 0 Å². The molecule has 1 amide bonds. The molecule has 0 unspecified atom stereocenters. The Hall–Kier alpha value is -2.14. The summed E-state index contributed by atoms with van der Waals surface area (Å²) in [6, 6.07) is 7.64. The fourth-order valence-corrected chi connectivity index (χ4v) is 2.84. The number of nitrogens with zero attached hydrogens (tertiary/aromatic N) is 1. The van der Waals surface area contributed by atoms with Crippen LogP contribution < -0.4 is 10.6 Å². The van der Waals surface area contributed by atoms with Gasteiger partial charge in [-0.25, -0.2) is 4.98 Å². The molecule has 5 heteroatoms. The van der Waals surface area contributed by atoms with Crippen molar-refractivity contribution in [1.82, 2.24) is 10.3 Å². The van der Waals surface area contributed by atoms with Crippen LogP contribution >= 0.6 is 0 Å². The Morgan fingerprint density at radius 2 is 2.23 bits per heavy atom. The van der Waals surface area contributed by atoms with Gasteiger partial charge in [-0.3, -0.25) is 4.79 Å². The molecule has 22 heavy (non-hydrogen) atoms. The third kappa shape index (κ3) is 3.95. The van der Waals surface area contributed by atoms with E-state index in [1.807, 2.05) is 24.3 Å². The second kappa shape index (κ2) is 7.22. The molecule has 2 N–H and O–H groups in total. The van der Waals surface area contributed by atoms with Gasteiger partial charge in [-0.1, -0.05) is 12.1 Å². The van der Waals surface area contributed by atoms with E-state index in [9.17, 15) is 4.79 Å². The van der Waals surface area contributed by atoms with E-state index in [4.69, 9.17) is 4.42 Å². The van der Waals surface area contributed by atoms with Crippen molar-refractivity contribution in [3.05, 3.63) is 36.9 Å². The molecule has 1 aromatic heterocycles. The number of amides is 1. The average Bonchev–Trinajstić information content (AvgIpc) is 3.09. The van der Waals surface area contributed by atoms with E-state index < -0.39 is 0 Å². The Morgan fingerprint density at radius 1 is 1.36 bits per heavy atom. The summed E-state index contributed by atoms with van der Waals surface area (Å²) in [5, 5.41) is 6.31. The highest BCUT2D eigenvalue weighted by Gasteiger charge is 2.14. The quantitative estimate of drug-likeness (QED) is 0.890. The number of benzene rings is 1. The number of nitrogens with one attached hydrogen (secondary N) is 2. The van der Waals surface area contributed by atoms with Crippen LogP contribution in [-0.4, -0.2) is 24.0 Å². The van der Waals surface area contributed by atoms with Crippen molar-refractivity contribution in [1.29, 1.82) is 0 Å². The first-order valence-corrected chi connectivity index (χ1v) is 7.81. The summed E-state index contributed by atoms with van der Waals surface area (Å²) < 4.78 is 5.28. The summed E-state index contributed by atoms with van der Waals surface area (Å²) in [6.07, 6.45) is 6.96. The molecule has 2 aromatic rings. The molecular formula is C17H21N3O2. The highest BCUT2D eigenvalue weighted by atomic mass is 16.3. The third-order valence-electron chi connectivity index (χ3n) is 4.10. The van der Waals surface area contributed by atoms with Crippen LogP contribution in [0.3, 0.4) is 0 Å². The Bertz CT molecular complexity index is 604. The van der Waals surface area contributed by atoms with Gasteiger partial charge in [0.15, 0.2) is 12.2 Å². The zero-order chi connectivity index (χ0) is 15.2. The van der Waals surface area contributed by atoms with Gasteiger partial charge in [-0.15, -0.1) is 0 Å². The number of carbonyl (C=O) groups is 1. The molecule has 116 valence electrons. The highest BCUT2D eigenvalue weighted by Crippen LogP contribution is 2.23.